The molecule has 0 bridgehead atoms. The van der Waals surface area contributed by atoms with Crippen molar-refractivity contribution < 1.29 is 4.74 Å². The third-order valence-electron chi connectivity index (χ3n) is 2.90. The first kappa shape index (κ1) is 14.5. The highest BCUT2D eigenvalue weighted by molar-refractivity contribution is 5.28. The molecule has 0 aromatic carbocycles. The molecule has 0 aliphatic heterocycles. The largest absolute Gasteiger partial charge is 0.436 e. The van der Waals surface area contributed by atoms with Crippen LogP contribution >= 0.6 is 0 Å². The number of rotatable bonds is 6. The van der Waals surface area contributed by atoms with E-state index in [4.69, 9.17) is 4.74 Å². The fraction of sp³-hybridized carbons (Fsp3) is 0.467. The molecule has 108 valence electrons. The lowest BCUT2D eigenvalue weighted by molar-refractivity contribution is 0.456. The maximum atomic E-state index is 5.79. The van der Waals surface area contributed by atoms with Gasteiger partial charge in [-0.05, 0) is 38.9 Å². The highest BCUT2D eigenvalue weighted by atomic mass is 16.5. The fourth-order valence-electron chi connectivity index (χ4n) is 1.91. The molecule has 1 N–H and O–H groups in total. The molecule has 0 aliphatic rings. The highest BCUT2D eigenvalue weighted by Crippen LogP contribution is 2.21. The molecule has 2 aromatic heterocycles. The molecule has 0 unspecified atom stereocenters. The summed E-state index contributed by atoms with van der Waals surface area (Å²) >= 11 is 0. The van der Waals surface area contributed by atoms with E-state index in [-0.39, 0.29) is 0 Å². The molecule has 0 atom stereocenters. The van der Waals surface area contributed by atoms with Crippen LogP contribution in [0, 0.1) is 6.92 Å². The minimum absolute atomic E-state index is 0.321. The van der Waals surface area contributed by atoms with Gasteiger partial charge in [-0.2, -0.15) is 5.10 Å². The van der Waals surface area contributed by atoms with Gasteiger partial charge in [0.1, 0.15) is 0 Å². The first-order chi connectivity index (χ1) is 9.58. The van der Waals surface area contributed by atoms with Crippen LogP contribution in [0.1, 0.15) is 38.1 Å². The highest BCUT2D eigenvalue weighted by Gasteiger charge is 2.06. The quantitative estimate of drug-likeness (QED) is 0.879. The third-order valence-corrected chi connectivity index (χ3v) is 2.90. The normalized spacial score (nSPS) is 11.1. The van der Waals surface area contributed by atoms with E-state index in [2.05, 4.69) is 42.2 Å². The summed E-state index contributed by atoms with van der Waals surface area (Å²) < 4.78 is 7.65. The zero-order valence-corrected chi connectivity index (χ0v) is 12.6. The molecule has 20 heavy (non-hydrogen) atoms. The van der Waals surface area contributed by atoms with E-state index in [0.29, 0.717) is 17.7 Å². The van der Waals surface area contributed by atoms with E-state index in [1.54, 1.807) is 6.20 Å². The SMILES string of the molecule is CCNCc1cc(C)nc(Oc2cnn(C(C)C)c2)c1. The lowest BCUT2D eigenvalue weighted by Crippen LogP contribution is -2.12. The molecule has 2 aromatic rings. The molecule has 0 aliphatic carbocycles. The van der Waals surface area contributed by atoms with Crippen molar-refractivity contribution in [2.45, 2.75) is 40.3 Å². The van der Waals surface area contributed by atoms with Crippen molar-refractivity contribution in [3.8, 4) is 11.6 Å². The van der Waals surface area contributed by atoms with Crippen LogP contribution in [-0.4, -0.2) is 21.3 Å². The molecular formula is C15H22N4O. The number of ether oxygens (including phenoxy) is 1. The molecule has 0 amide bonds. The van der Waals surface area contributed by atoms with Crippen LogP contribution in [0.15, 0.2) is 24.5 Å². The maximum absolute atomic E-state index is 5.79. The second-order valence-electron chi connectivity index (χ2n) is 5.09. The van der Waals surface area contributed by atoms with Crippen LogP contribution in [-0.2, 0) is 6.54 Å². The van der Waals surface area contributed by atoms with Gasteiger partial charge in [-0.15, -0.1) is 0 Å². The molecule has 5 heteroatoms. The standard InChI is InChI=1S/C15H22N4O/c1-5-16-8-13-6-12(4)18-15(7-13)20-14-9-17-19(10-14)11(2)3/h6-7,9-11,16H,5,8H2,1-4H3. The topological polar surface area (TPSA) is 52.0 Å². The average molecular weight is 274 g/mol. The van der Waals surface area contributed by atoms with Gasteiger partial charge in [-0.1, -0.05) is 6.92 Å². The second kappa shape index (κ2) is 6.52. The zero-order valence-electron chi connectivity index (χ0n) is 12.6. The first-order valence-electron chi connectivity index (χ1n) is 6.98. The molecule has 2 heterocycles. The van der Waals surface area contributed by atoms with Gasteiger partial charge in [0.25, 0.3) is 0 Å². The Morgan fingerprint density at radius 1 is 1.35 bits per heavy atom. The van der Waals surface area contributed by atoms with Crippen LogP contribution in [0.3, 0.4) is 0 Å². The Hall–Kier alpha value is -1.88. The minimum Gasteiger partial charge on any atom is -0.436 e. The summed E-state index contributed by atoms with van der Waals surface area (Å²) in [5, 5.41) is 7.56. The summed E-state index contributed by atoms with van der Waals surface area (Å²) in [4.78, 5) is 4.40. The van der Waals surface area contributed by atoms with Crippen molar-refractivity contribution in [2.75, 3.05) is 6.54 Å². The molecule has 5 nitrogen and oxygen atoms in total. The summed E-state index contributed by atoms with van der Waals surface area (Å²) in [7, 11) is 0. The number of aryl methyl sites for hydroxylation is 1. The third kappa shape index (κ3) is 3.81. The van der Waals surface area contributed by atoms with Gasteiger partial charge in [-0.3, -0.25) is 4.68 Å². The predicted molar refractivity (Wildman–Crippen MR) is 79.0 cm³/mol. The predicted octanol–water partition coefficient (Wildman–Crippen LogP) is 3.07. The van der Waals surface area contributed by atoms with E-state index in [1.165, 1.54) is 5.56 Å². The molecule has 0 saturated carbocycles. The van der Waals surface area contributed by atoms with Gasteiger partial charge in [0.15, 0.2) is 5.75 Å². The summed E-state index contributed by atoms with van der Waals surface area (Å²) in [6, 6.07) is 4.34. The van der Waals surface area contributed by atoms with Crippen molar-refractivity contribution in [1.82, 2.24) is 20.1 Å². The van der Waals surface area contributed by atoms with E-state index < -0.39 is 0 Å². The maximum Gasteiger partial charge on any atom is 0.219 e. The van der Waals surface area contributed by atoms with Crippen LogP contribution < -0.4 is 10.1 Å². The fourth-order valence-corrected chi connectivity index (χ4v) is 1.91. The number of aromatic nitrogens is 3. The summed E-state index contributed by atoms with van der Waals surface area (Å²) in [5.41, 5.74) is 2.12. The second-order valence-corrected chi connectivity index (χ2v) is 5.09. The van der Waals surface area contributed by atoms with E-state index >= 15 is 0 Å². The molecule has 0 saturated heterocycles. The van der Waals surface area contributed by atoms with Gasteiger partial charge in [0, 0.05) is 24.3 Å². The molecule has 2 rings (SSSR count). The zero-order chi connectivity index (χ0) is 14.5. The summed E-state index contributed by atoms with van der Waals surface area (Å²) in [6.45, 7) is 9.98. The lowest BCUT2D eigenvalue weighted by atomic mass is 10.2. The molecule has 0 fully saturated rings. The Bertz CT molecular complexity index is 563. The van der Waals surface area contributed by atoms with Gasteiger partial charge in [0.2, 0.25) is 5.88 Å². The van der Waals surface area contributed by atoms with Crippen molar-refractivity contribution in [1.29, 1.82) is 0 Å². The lowest BCUT2D eigenvalue weighted by Gasteiger charge is -2.07. The van der Waals surface area contributed by atoms with Gasteiger partial charge in [-0.25, -0.2) is 4.98 Å². The monoisotopic (exact) mass is 274 g/mol. The number of nitrogens with one attached hydrogen (secondary N) is 1. The van der Waals surface area contributed by atoms with Crippen molar-refractivity contribution in [3.05, 3.63) is 35.8 Å². The smallest absolute Gasteiger partial charge is 0.219 e. The number of nitrogens with zero attached hydrogens (tertiary/aromatic N) is 3. The Morgan fingerprint density at radius 3 is 2.80 bits per heavy atom. The van der Waals surface area contributed by atoms with Crippen LogP contribution in [0.2, 0.25) is 0 Å². The van der Waals surface area contributed by atoms with Crippen molar-refractivity contribution in [2.24, 2.45) is 0 Å². The number of pyridine rings is 1. The van der Waals surface area contributed by atoms with E-state index in [9.17, 15) is 0 Å². The van der Waals surface area contributed by atoms with Crippen LogP contribution in [0.4, 0.5) is 0 Å². The molecular weight excluding hydrogens is 252 g/mol. The number of hydrogen-bond donors (Lipinski definition) is 1. The first-order valence-corrected chi connectivity index (χ1v) is 6.98. The molecule has 0 spiro atoms. The van der Waals surface area contributed by atoms with E-state index in [0.717, 1.165) is 18.8 Å². The van der Waals surface area contributed by atoms with Crippen molar-refractivity contribution >= 4 is 0 Å². The average Bonchev–Trinajstić information content (AvgIpc) is 2.84. The Labute approximate surface area is 120 Å². The summed E-state index contributed by atoms with van der Waals surface area (Å²) in [6.07, 6.45) is 3.60. The molecule has 0 radical (unpaired) electrons. The van der Waals surface area contributed by atoms with Crippen molar-refractivity contribution in [3.63, 3.8) is 0 Å². The van der Waals surface area contributed by atoms with Gasteiger partial charge < -0.3 is 10.1 Å². The van der Waals surface area contributed by atoms with Crippen LogP contribution in [0.5, 0.6) is 11.6 Å². The van der Waals surface area contributed by atoms with E-state index in [1.807, 2.05) is 23.9 Å². The Morgan fingerprint density at radius 2 is 2.15 bits per heavy atom. The Kier molecular flexibility index (Phi) is 4.74. The Balaban J connectivity index is 2.13. The van der Waals surface area contributed by atoms with Gasteiger partial charge in [0.05, 0.1) is 12.4 Å². The number of hydrogen-bond acceptors (Lipinski definition) is 4. The van der Waals surface area contributed by atoms with Crippen LogP contribution in [0.25, 0.3) is 0 Å². The van der Waals surface area contributed by atoms with Gasteiger partial charge >= 0.3 is 0 Å². The summed E-state index contributed by atoms with van der Waals surface area (Å²) in [5.74, 6) is 1.33. The minimum atomic E-state index is 0.321.